The molecule has 9 heteroatoms. The molecule has 0 saturated heterocycles. The van der Waals surface area contributed by atoms with Gasteiger partial charge in [0.25, 0.3) is 0 Å². The standard InChI is InChI=1S/C18H14F5N3O/c1-17(27,18(21,22)23)10-4-9(7-24-8-10)16-25-14-6-11(19)5-13(20)15(14)26(16)12-2-3-12/h4-8,12,27H,2-3H2,1H3. The van der Waals surface area contributed by atoms with Gasteiger partial charge in [0.2, 0.25) is 0 Å². The van der Waals surface area contributed by atoms with Gasteiger partial charge in [-0.2, -0.15) is 13.2 Å². The van der Waals surface area contributed by atoms with Crippen LogP contribution in [-0.4, -0.2) is 25.8 Å². The SMILES string of the molecule is CC(O)(c1cncc(-c2nc3cc(F)cc(F)c3n2C2CC2)c1)C(F)(F)F. The van der Waals surface area contributed by atoms with Crippen molar-refractivity contribution in [3.63, 3.8) is 0 Å². The highest BCUT2D eigenvalue weighted by Gasteiger charge is 2.51. The second kappa shape index (κ2) is 5.72. The predicted octanol–water partition coefficient (Wildman–Crippen LogP) is 4.48. The minimum absolute atomic E-state index is 0.0717. The quantitative estimate of drug-likeness (QED) is 0.679. The Labute approximate surface area is 150 Å². The second-order valence-electron chi connectivity index (χ2n) is 6.82. The van der Waals surface area contributed by atoms with E-state index in [4.69, 9.17) is 0 Å². The topological polar surface area (TPSA) is 50.9 Å². The molecule has 1 N–H and O–H groups in total. The van der Waals surface area contributed by atoms with Crippen LogP contribution in [0.1, 0.15) is 31.4 Å². The van der Waals surface area contributed by atoms with E-state index in [9.17, 15) is 27.1 Å². The van der Waals surface area contributed by atoms with E-state index in [1.54, 1.807) is 4.57 Å². The van der Waals surface area contributed by atoms with Crippen molar-refractivity contribution < 1.29 is 27.1 Å². The number of aromatic nitrogens is 3. The largest absolute Gasteiger partial charge is 0.421 e. The average Bonchev–Trinajstić information content (AvgIpc) is 3.34. The molecule has 1 saturated carbocycles. The third kappa shape index (κ3) is 2.86. The summed E-state index contributed by atoms with van der Waals surface area (Å²) >= 11 is 0. The first-order valence-corrected chi connectivity index (χ1v) is 8.21. The molecule has 4 rings (SSSR count). The summed E-state index contributed by atoms with van der Waals surface area (Å²) in [7, 11) is 0. The van der Waals surface area contributed by atoms with Gasteiger partial charge < -0.3 is 9.67 Å². The van der Waals surface area contributed by atoms with E-state index in [0.29, 0.717) is 6.92 Å². The Morgan fingerprint density at radius 2 is 1.81 bits per heavy atom. The van der Waals surface area contributed by atoms with Gasteiger partial charge in [-0.15, -0.1) is 0 Å². The maximum Gasteiger partial charge on any atom is 0.421 e. The number of nitrogens with zero attached hydrogens (tertiary/aromatic N) is 3. The van der Waals surface area contributed by atoms with Crippen molar-refractivity contribution in [1.82, 2.24) is 14.5 Å². The molecule has 0 amide bonds. The molecule has 0 spiro atoms. The molecule has 0 radical (unpaired) electrons. The Hall–Kier alpha value is -2.55. The highest BCUT2D eigenvalue weighted by atomic mass is 19.4. The highest BCUT2D eigenvalue weighted by molar-refractivity contribution is 5.81. The van der Waals surface area contributed by atoms with Crippen LogP contribution in [0.2, 0.25) is 0 Å². The van der Waals surface area contributed by atoms with Crippen molar-refractivity contribution in [2.45, 2.75) is 37.6 Å². The minimum atomic E-state index is -4.90. The summed E-state index contributed by atoms with van der Waals surface area (Å²) in [5.74, 6) is -1.40. The van der Waals surface area contributed by atoms with E-state index < -0.39 is 29.0 Å². The molecule has 0 aliphatic heterocycles. The smallest absolute Gasteiger partial charge is 0.376 e. The first kappa shape index (κ1) is 17.8. The minimum Gasteiger partial charge on any atom is -0.376 e. The van der Waals surface area contributed by atoms with E-state index in [-0.39, 0.29) is 28.5 Å². The number of hydrogen-bond acceptors (Lipinski definition) is 3. The number of aliphatic hydroxyl groups is 1. The Kier molecular flexibility index (Phi) is 3.78. The molecular formula is C18H14F5N3O. The first-order valence-electron chi connectivity index (χ1n) is 8.21. The molecule has 2 heterocycles. The Morgan fingerprint density at radius 3 is 2.44 bits per heavy atom. The van der Waals surface area contributed by atoms with Crippen molar-refractivity contribution >= 4 is 11.0 Å². The Balaban J connectivity index is 1.92. The monoisotopic (exact) mass is 383 g/mol. The van der Waals surface area contributed by atoms with E-state index in [0.717, 1.165) is 37.2 Å². The maximum absolute atomic E-state index is 14.3. The third-order valence-corrected chi connectivity index (χ3v) is 4.73. The van der Waals surface area contributed by atoms with Gasteiger partial charge in [0.15, 0.2) is 11.4 Å². The molecular weight excluding hydrogens is 369 g/mol. The number of imidazole rings is 1. The van der Waals surface area contributed by atoms with E-state index >= 15 is 0 Å². The van der Waals surface area contributed by atoms with Gasteiger partial charge in [-0.3, -0.25) is 4.98 Å². The molecule has 0 bridgehead atoms. The predicted molar refractivity (Wildman–Crippen MR) is 86.8 cm³/mol. The first-order chi connectivity index (χ1) is 12.6. The van der Waals surface area contributed by atoms with Gasteiger partial charge in [-0.05, 0) is 25.8 Å². The molecule has 1 aliphatic carbocycles. The molecule has 1 fully saturated rings. The zero-order valence-electron chi connectivity index (χ0n) is 14.1. The van der Waals surface area contributed by atoms with Crippen LogP contribution in [0.25, 0.3) is 22.4 Å². The van der Waals surface area contributed by atoms with Gasteiger partial charge in [0, 0.05) is 41.7 Å². The van der Waals surface area contributed by atoms with Gasteiger partial charge in [0.1, 0.15) is 17.2 Å². The molecule has 1 atom stereocenters. The maximum atomic E-state index is 14.3. The van der Waals surface area contributed by atoms with Gasteiger partial charge in [0.05, 0.1) is 5.52 Å². The molecule has 1 aliphatic rings. The number of benzene rings is 1. The van der Waals surface area contributed by atoms with Crippen LogP contribution in [0, 0.1) is 11.6 Å². The van der Waals surface area contributed by atoms with Crippen LogP contribution < -0.4 is 0 Å². The Morgan fingerprint density at radius 1 is 1.11 bits per heavy atom. The summed E-state index contributed by atoms with van der Waals surface area (Å²) in [6.45, 7) is 0.632. The fourth-order valence-electron chi connectivity index (χ4n) is 3.03. The van der Waals surface area contributed by atoms with Crippen LogP contribution in [0.3, 0.4) is 0 Å². The number of halogens is 5. The summed E-state index contributed by atoms with van der Waals surface area (Å²) in [5, 5.41) is 9.90. The summed E-state index contributed by atoms with van der Waals surface area (Å²) < 4.78 is 68.9. The highest BCUT2D eigenvalue weighted by Crippen LogP contribution is 2.43. The lowest BCUT2D eigenvalue weighted by atomic mass is 9.96. The molecule has 1 unspecified atom stereocenters. The lowest BCUT2D eigenvalue weighted by Gasteiger charge is -2.26. The molecule has 1 aromatic carbocycles. The molecule has 142 valence electrons. The summed E-state index contributed by atoms with van der Waals surface area (Å²) in [6.07, 6.45) is -1.20. The van der Waals surface area contributed by atoms with Crippen LogP contribution in [-0.2, 0) is 5.60 Å². The second-order valence-corrected chi connectivity index (χ2v) is 6.82. The van der Waals surface area contributed by atoms with E-state index in [2.05, 4.69) is 9.97 Å². The normalized spacial score (nSPS) is 17.3. The van der Waals surface area contributed by atoms with Gasteiger partial charge in [-0.25, -0.2) is 13.8 Å². The number of alkyl halides is 3. The van der Waals surface area contributed by atoms with Crippen LogP contribution in [0.15, 0.2) is 30.6 Å². The lowest BCUT2D eigenvalue weighted by molar-refractivity contribution is -0.259. The van der Waals surface area contributed by atoms with Crippen LogP contribution in [0.5, 0.6) is 0 Å². The fraction of sp³-hybridized carbons (Fsp3) is 0.333. The molecule has 3 aromatic rings. The number of pyridine rings is 1. The average molecular weight is 383 g/mol. The van der Waals surface area contributed by atoms with E-state index in [1.165, 1.54) is 6.20 Å². The van der Waals surface area contributed by atoms with Crippen LogP contribution in [0.4, 0.5) is 22.0 Å². The summed E-state index contributed by atoms with van der Waals surface area (Å²) in [4.78, 5) is 8.02. The van der Waals surface area contributed by atoms with Crippen molar-refractivity contribution in [2.24, 2.45) is 0 Å². The number of hydrogen-bond donors (Lipinski definition) is 1. The van der Waals surface area contributed by atoms with Crippen LogP contribution >= 0.6 is 0 Å². The summed E-state index contributed by atoms with van der Waals surface area (Å²) in [6, 6.07) is 2.87. The number of rotatable bonds is 3. The molecule has 27 heavy (non-hydrogen) atoms. The fourth-order valence-corrected chi connectivity index (χ4v) is 3.03. The summed E-state index contributed by atoms with van der Waals surface area (Å²) in [5.41, 5.74) is -3.22. The van der Waals surface area contributed by atoms with Gasteiger partial charge >= 0.3 is 6.18 Å². The van der Waals surface area contributed by atoms with E-state index in [1.807, 2.05) is 0 Å². The van der Waals surface area contributed by atoms with Crippen molar-refractivity contribution in [1.29, 1.82) is 0 Å². The van der Waals surface area contributed by atoms with Crippen molar-refractivity contribution in [3.8, 4) is 11.4 Å². The lowest BCUT2D eigenvalue weighted by Crippen LogP contribution is -2.39. The van der Waals surface area contributed by atoms with Crippen molar-refractivity contribution in [3.05, 3.63) is 47.8 Å². The number of fused-ring (bicyclic) bond motifs is 1. The zero-order chi connectivity index (χ0) is 19.6. The molecule has 4 nitrogen and oxygen atoms in total. The van der Waals surface area contributed by atoms with Crippen molar-refractivity contribution in [2.75, 3.05) is 0 Å². The van der Waals surface area contributed by atoms with Gasteiger partial charge in [-0.1, -0.05) is 0 Å². The molecule has 2 aromatic heterocycles. The zero-order valence-corrected chi connectivity index (χ0v) is 14.1. The Bertz CT molecular complexity index is 1040. The third-order valence-electron chi connectivity index (χ3n) is 4.73.